The topological polar surface area (TPSA) is 121 Å². The fraction of sp³-hybridized carbons (Fsp3) is 0.833. The van der Waals surface area contributed by atoms with Gasteiger partial charge >= 0.3 is 35.5 Å². The second-order valence-corrected chi connectivity index (χ2v) is 6.28. The van der Waals surface area contributed by atoms with Gasteiger partial charge in [-0.15, -0.1) is 0 Å². The number of hydrogen-bond donors (Lipinski definition) is 1. The van der Waals surface area contributed by atoms with Gasteiger partial charge in [0, 0.05) is 12.4 Å². The number of carboxylic acids is 1. The van der Waals surface area contributed by atoms with Crippen LogP contribution in [-0.4, -0.2) is 36.3 Å². The monoisotopic (exact) mass is 332 g/mol. The molecule has 1 unspecified atom stereocenters. The molecule has 0 saturated carbocycles. The third kappa shape index (κ3) is 7.10. The SMILES string of the molecule is CCCCCCC(CC(=O)[O-])(C(=O)OCC)S(=O)(=O)O.[Na+]. The normalized spacial score (nSPS) is 13.9. The van der Waals surface area contributed by atoms with Crippen molar-refractivity contribution in [1.29, 1.82) is 0 Å². The summed E-state index contributed by atoms with van der Waals surface area (Å²) in [6.07, 6.45) is 1.20. The van der Waals surface area contributed by atoms with Crippen LogP contribution in [0.5, 0.6) is 0 Å². The van der Waals surface area contributed by atoms with Crippen LogP contribution in [0, 0.1) is 0 Å². The first kappa shape index (κ1) is 23.1. The third-order valence-corrected chi connectivity index (χ3v) is 4.51. The van der Waals surface area contributed by atoms with Crippen LogP contribution in [0.4, 0.5) is 0 Å². The molecule has 0 aromatic carbocycles. The molecule has 0 aliphatic carbocycles. The van der Waals surface area contributed by atoms with Crippen LogP contribution in [0.25, 0.3) is 0 Å². The van der Waals surface area contributed by atoms with E-state index in [9.17, 15) is 27.7 Å². The van der Waals surface area contributed by atoms with Crippen molar-refractivity contribution in [1.82, 2.24) is 0 Å². The van der Waals surface area contributed by atoms with Crippen LogP contribution in [0.15, 0.2) is 0 Å². The molecule has 0 spiro atoms. The molecular formula is C12H21NaO7S. The summed E-state index contributed by atoms with van der Waals surface area (Å²) in [6, 6.07) is 0. The van der Waals surface area contributed by atoms with Crippen molar-refractivity contribution in [3.05, 3.63) is 0 Å². The zero-order valence-electron chi connectivity index (χ0n) is 12.8. The van der Waals surface area contributed by atoms with E-state index in [0.717, 1.165) is 12.8 Å². The molecule has 118 valence electrons. The molecule has 0 aromatic heterocycles. The van der Waals surface area contributed by atoms with Crippen molar-refractivity contribution in [3.8, 4) is 0 Å². The van der Waals surface area contributed by atoms with Gasteiger partial charge in [-0.3, -0.25) is 9.35 Å². The number of unbranched alkanes of at least 4 members (excludes halogenated alkanes) is 3. The van der Waals surface area contributed by atoms with Gasteiger partial charge in [0.2, 0.25) is 0 Å². The molecule has 0 aliphatic heterocycles. The Labute approximate surface area is 147 Å². The molecule has 0 fully saturated rings. The van der Waals surface area contributed by atoms with Crippen molar-refractivity contribution in [3.63, 3.8) is 0 Å². The molecule has 0 rings (SSSR count). The minimum absolute atomic E-state index is 0. The molecule has 0 radical (unpaired) electrons. The van der Waals surface area contributed by atoms with Crippen LogP contribution in [0.2, 0.25) is 0 Å². The Morgan fingerprint density at radius 2 is 1.76 bits per heavy atom. The van der Waals surface area contributed by atoms with E-state index >= 15 is 0 Å². The Morgan fingerprint density at radius 1 is 1.19 bits per heavy atom. The minimum Gasteiger partial charge on any atom is -0.550 e. The van der Waals surface area contributed by atoms with Gasteiger partial charge in [-0.25, -0.2) is 0 Å². The second-order valence-electron chi connectivity index (χ2n) is 4.55. The van der Waals surface area contributed by atoms with E-state index in [1.54, 1.807) is 0 Å². The summed E-state index contributed by atoms with van der Waals surface area (Å²) in [5.41, 5.74) is 0. The number of carbonyl (C=O) groups excluding carboxylic acids is 2. The maximum atomic E-state index is 11.9. The van der Waals surface area contributed by atoms with E-state index in [1.807, 2.05) is 6.92 Å². The molecule has 1 atom stereocenters. The summed E-state index contributed by atoms with van der Waals surface area (Å²) in [5.74, 6) is -2.98. The molecular weight excluding hydrogens is 311 g/mol. The van der Waals surface area contributed by atoms with Gasteiger partial charge in [-0.2, -0.15) is 8.42 Å². The Kier molecular flexibility index (Phi) is 11.6. The Morgan fingerprint density at radius 3 is 2.14 bits per heavy atom. The van der Waals surface area contributed by atoms with Crippen LogP contribution >= 0.6 is 0 Å². The van der Waals surface area contributed by atoms with Crippen molar-refractivity contribution in [2.45, 2.75) is 57.1 Å². The fourth-order valence-electron chi connectivity index (χ4n) is 1.92. The number of hydrogen-bond acceptors (Lipinski definition) is 6. The standard InChI is InChI=1S/C12H22O7S.Na/c1-3-5-6-7-8-12(9-10(13)14,20(16,17)18)11(15)19-4-2;/h3-9H2,1-2H3,(H,13,14)(H,16,17,18);/q;+1/p-1. The number of ether oxygens (including phenoxy) is 1. The van der Waals surface area contributed by atoms with Crippen LogP contribution < -0.4 is 34.7 Å². The van der Waals surface area contributed by atoms with Gasteiger partial charge in [0.1, 0.15) is 0 Å². The summed E-state index contributed by atoms with van der Waals surface area (Å²) in [6.45, 7) is 3.30. The van der Waals surface area contributed by atoms with Crippen molar-refractivity contribution >= 4 is 22.1 Å². The maximum Gasteiger partial charge on any atom is 1.00 e. The molecule has 0 aromatic rings. The first-order valence-electron chi connectivity index (χ1n) is 6.55. The van der Waals surface area contributed by atoms with Crippen molar-refractivity contribution in [2.75, 3.05) is 6.61 Å². The molecule has 7 nitrogen and oxygen atoms in total. The van der Waals surface area contributed by atoms with Crippen LogP contribution in [0.1, 0.15) is 52.4 Å². The molecule has 0 saturated heterocycles. The fourth-order valence-corrected chi connectivity index (χ4v) is 2.89. The average Bonchev–Trinajstić information content (AvgIpc) is 2.31. The van der Waals surface area contributed by atoms with Crippen molar-refractivity contribution in [2.24, 2.45) is 0 Å². The zero-order chi connectivity index (χ0) is 15.8. The molecule has 21 heavy (non-hydrogen) atoms. The Balaban J connectivity index is 0. The Bertz CT molecular complexity index is 435. The van der Waals surface area contributed by atoms with E-state index in [0.29, 0.717) is 12.8 Å². The van der Waals surface area contributed by atoms with Gasteiger partial charge in [-0.1, -0.05) is 32.6 Å². The summed E-state index contributed by atoms with van der Waals surface area (Å²) >= 11 is 0. The molecule has 0 amide bonds. The average molecular weight is 332 g/mol. The number of rotatable bonds is 10. The number of aliphatic carboxylic acids is 1. The largest absolute Gasteiger partial charge is 1.00 e. The van der Waals surface area contributed by atoms with Gasteiger partial charge in [0.05, 0.1) is 6.61 Å². The number of carboxylic acid groups (broad SMARTS) is 1. The van der Waals surface area contributed by atoms with Gasteiger partial charge in [-0.05, 0) is 13.3 Å². The molecule has 1 N–H and O–H groups in total. The van der Waals surface area contributed by atoms with Gasteiger partial charge in [0.15, 0.2) is 4.75 Å². The van der Waals surface area contributed by atoms with E-state index in [2.05, 4.69) is 4.74 Å². The van der Waals surface area contributed by atoms with E-state index in [-0.39, 0.29) is 42.6 Å². The predicted molar refractivity (Wildman–Crippen MR) is 69.3 cm³/mol. The number of esters is 1. The molecule has 0 aliphatic rings. The zero-order valence-corrected chi connectivity index (χ0v) is 15.6. The molecule has 0 heterocycles. The van der Waals surface area contributed by atoms with Gasteiger partial charge in [0.25, 0.3) is 10.1 Å². The number of carbonyl (C=O) groups is 2. The molecule has 9 heteroatoms. The van der Waals surface area contributed by atoms with Crippen LogP contribution in [-0.2, 0) is 24.4 Å². The summed E-state index contributed by atoms with van der Waals surface area (Å²) < 4.78 is 34.5. The van der Waals surface area contributed by atoms with Crippen molar-refractivity contribution < 1.29 is 62.0 Å². The first-order chi connectivity index (χ1) is 9.21. The summed E-state index contributed by atoms with van der Waals surface area (Å²) in [7, 11) is -4.93. The third-order valence-electron chi connectivity index (χ3n) is 3.01. The maximum absolute atomic E-state index is 11.9. The quantitative estimate of drug-likeness (QED) is 0.200. The Hall–Kier alpha value is -0.150. The summed E-state index contributed by atoms with van der Waals surface area (Å²) in [4.78, 5) is 22.6. The second kappa shape index (κ2) is 10.6. The molecule has 0 bridgehead atoms. The van der Waals surface area contributed by atoms with E-state index < -0.39 is 33.2 Å². The predicted octanol–water partition coefficient (Wildman–Crippen LogP) is -2.71. The first-order valence-corrected chi connectivity index (χ1v) is 7.99. The summed E-state index contributed by atoms with van der Waals surface area (Å²) in [5, 5.41) is 10.8. The van der Waals surface area contributed by atoms with Crippen LogP contribution in [0.3, 0.4) is 0 Å². The van der Waals surface area contributed by atoms with Gasteiger partial charge < -0.3 is 14.6 Å². The van der Waals surface area contributed by atoms with E-state index in [4.69, 9.17) is 0 Å². The minimum atomic E-state index is -4.93. The smallest absolute Gasteiger partial charge is 0.550 e. The van der Waals surface area contributed by atoms with E-state index in [1.165, 1.54) is 6.92 Å².